The van der Waals surface area contributed by atoms with E-state index < -0.39 is 0 Å². The van der Waals surface area contributed by atoms with Gasteiger partial charge in [-0.2, -0.15) is 11.8 Å². The maximum atomic E-state index is 12.3. The Balaban J connectivity index is 1.24. The first-order valence-corrected chi connectivity index (χ1v) is 10.1. The Morgan fingerprint density at radius 3 is 3.04 bits per heavy atom. The van der Waals surface area contributed by atoms with Crippen LogP contribution in [-0.4, -0.2) is 40.0 Å². The molecule has 7 heteroatoms. The van der Waals surface area contributed by atoms with Crippen molar-refractivity contribution in [3.05, 3.63) is 36.5 Å². The second-order valence-electron chi connectivity index (χ2n) is 6.80. The maximum absolute atomic E-state index is 12.3. The van der Waals surface area contributed by atoms with Crippen LogP contribution in [-0.2, 0) is 4.79 Å². The fourth-order valence-corrected chi connectivity index (χ4v) is 5.24. The van der Waals surface area contributed by atoms with Crippen LogP contribution in [0.5, 0.6) is 0 Å². The molecule has 2 aliphatic heterocycles. The summed E-state index contributed by atoms with van der Waals surface area (Å²) in [6.45, 7) is 0. The zero-order valence-electron chi connectivity index (χ0n) is 14.4. The molecule has 2 saturated heterocycles. The number of benzene rings is 1. The lowest BCUT2D eigenvalue weighted by Gasteiger charge is -2.16. The third-order valence-corrected chi connectivity index (χ3v) is 6.50. The summed E-state index contributed by atoms with van der Waals surface area (Å²) in [7, 11) is 0. The van der Waals surface area contributed by atoms with E-state index in [1.54, 1.807) is 6.20 Å². The van der Waals surface area contributed by atoms with Gasteiger partial charge in [0, 0.05) is 29.0 Å². The Hall–Kier alpha value is -2.28. The number of aromatic nitrogens is 1. The molecule has 1 aromatic carbocycles. The first-order chi connectivity index (χ1) is 12.7. The molecule has 26 heavy (non-hydrogen) atoms. The lowest BCUT2D eigenvalue weighted by molar-refractivity contribution is -0.116. The second-order valence-corrected chi connectivity index (χ2v) is 8.07. The molecule has 0 spiro atoms. The van der Waals surface area contributed by atoms with E-state index in [-0.39, 0.29) is 24.0 Å². The fraction of sp³-hybridized carbons (Fsp3) is 0.421. The van der Waals surface area contributed by atoms with E-state index >= 15 is 0 Å². The Bertz CT molecular complexity index is 823. The first kappa shape index (κ1) is 17.1. The van der Waals surface area contributed by atoms with Crippen molar-refractivity contribution in [2.75, 3.05) is 11.1 Å². The molecule has 0 radical (unpaired) electrons. The van der Waals surface area contributed by atoms with E-state index in [2.05, 4.69) is 20.9 Å². The predicted octanol–water partition coefficient (Wildman–Crippen LogP) is 2.90. The van der Waals surface area contributed by atoms with Crippen molar-refractivity contribution in [1.29, 1.82) is 0 Å². The Morgan fingerprint density at radius 1 is 1.23 bits per heavy atom. The number of nitrogens with zero attached hydrogens (tertiary/aromatic N) is 1. The topological polar surface area (TPSA) is 83.1 Å². The summed E-state index contributed by atoms with van der Waals surface area (Å²) in [6, 6.07) is 10.1. The summed E-state index contributed by atoms with van der Waals surface area (Å²) in [5.74, 6) is 0.999. The molecule has 136 valence electrons. The summed E-state index contributed by atoms with van der Waals surface area (Å²) in [4.78, 5) is 28.0. The van der Waals surface area contributed by atoms with Crippen LogP contribution in [0.25, 0.3) is 10.9 Å². The number of urea groups is 1. The summed E-state index contributed by atoms with van der Waals surface area (Å²) < 4.78 is 0. The van der Waals surface area contributed by atoms with E-state index in [9.17, 15) is 9.59 Å². The maximum Gasteiger partial charge on any atom is 0.315 e. The molecule has 0 aliphatic carbocycles. The Kier molecular flexibility index (Phi) is 4.97. The Morgan fingerprint density at radius 2 is 2.12 bits per heavy atom. The molecule has 3 atom stereocenters. The number of thioether (sulfide) groups is 1. The van der Waals surface area contributed by atoms with Gasteiger partial charge in [-0.05, 0) is 25.0 Å². The lowest BCUT2D eigenvalue weighted by atomic mass is 10.0. The van der Waals surface area contributed by atoms with Gasteiger partial charge < -0.3 is 16.0 Å². The van der Waals surface area contributed by atoms with Crippen molar-refractivity contribution in [3.8, 4) is 0 Å². The summed E-state index contributed by atoms with van der Waals surface area (Å²) in [6.07, 6.45) is 5.09. The highest BCUT2D eigenvalue weighted by Crippen LogP contribution is 2.33. The largest absolute Gasteiger partial charge is 0.332 e. The highest BCUT2D eigenvalue weighted by molar-refractivity contribution is 8.00. The summed E-state index contributed by atoms with van der Waals surface area (Å²) in [5.41, 5.74) is 1.59. The minimum atomic E-state index is -0.0478. The molecule has 3 heterocycles. The molecular formula is C19H22N4O2S. The van der Waals surface area contributed by atoms with Crippen LogP contribution in [0.3, 0.4) is 0 Å². The van der Waals surface area contributed by atoms with Crippen LogP contribution in [0.4, 0.5) is 10.5 Å². The molecule has 2 aromatic rings. The molecular weight excluding hydrogens is 348 g/mol. The van der Waals surface area contributed by atoms with Gasteiger partial charge in [-0.3, -0.25) is 9.78 Å². The monoisotopic (exact) mass is 370 g/mol. The predicted molar refractivity (Wildman–Crippen MR) is 104 cm³/mol. The molecule has 4 rings (SSSR count). The van der Waals surface area contributed by atoms with Crippen molar-refractivity contribution in [2.45, 2.75) is 43.0 Å². The first-order valence-electron chi connectivity index (χ1n) is 9.03. The van der Waals surface area contributed by atoms with Gasteiger partial charge >= 0.3 is 6.03 Å². The van der Waals surface area contributed by atoms with Gasteiger partial charge in [0.15, 0.2) is 0 Å². The molecule has 2 fully saturated rings. The van der Waals surface area contributed by atoms with Crippen molar-refractivity contribution in [3.63, 3.8) is 0 Å². The van der Waals surface area contributed by atoms with Crippen LogP contribution in [0.1, 0.15) is 25.7 Å². The zero-order chi connectivity index (χ0) is 17.9. The molecule has 6 nitrogen and oxygen atoms in total. The quantitative estimate of drug-likeness (QED) is 0.539. The van der Waals surface area contributed by atoms with Crippen LogP contribution in [0, 0.1) is 0 Å². The number of hydrogen-bond donors (Lipinski definition) is 3. The van der Waals surface area contributed by atoms with Crippen molar-refractivity contribution in [1.82, 2.24) is 15.6 Å². The highest BCUT2D eigenvalue weighted by atomic mass is 32.2. The van der Waals surface area contributed by atoms with Crippen LogP contribution >= 0.6 is 11.8 Å². The van der Waals surface area contributed by atoms with Crippen molar-refractivity contribution < 1.29 is 9.59 Å². The number of hydrogen-bond acceptors (Lipinski definition) is 4. The second kappa shape index (κ2) is 7.53. The van der Waals surface area contributed by atoms with Gasteiger partial charge in [-0.15, -0.1) is 0 Å². The number of rotatable bonds is 6. The molecule has 2 aliphatic rings. The number of nitrogens with one attached hydrogen (secondary N) is 3. The van der Waals surface area contributed by atoms with Gasteiger partial charge in [-0.25, -0.2) is 4.79 Å². The Labute approximate surface area is 156 Å². The van der Waals surface area contributed by atoms with E-state index in [0.29, 0.717) is 11.7 Å². The van der Waals surface area contributed by atoms with E-state index in [1.807, 2.05) is 42.1 Å². The van der Waals surface area contributed by atoms with Gasteiger partial charge in [0.25, 0.3) is 0 Å². The molecule has 0 unspecified atom stereocenters. The zero-order valence-corrected chi connectivity index (χ0v) is 15.2. The number of pyridine rings is 1. The molecule has 0 saturated carbocycles. The number of para-hydroxylation sites is 1. The third kappa shape index (κ3) is 3.62. The lowest BCUT2D eigenvalue weighted by Crippen LogP contribution is -2.36. The third-order valence-electron chi connectivity index (χ3n) is 4.99. The van der Waals surface area contributed by atoms with E-state index in [4.69, 9.17) is 0 Å². The normalized spacial score (nSPS) is 24.2. The molecule has 3 N–H and O–H groups in total. The van der Waals surface area contributed by atoms with E-state index in [1.165, 1.54) is 0 Å². The van der Waals surface area contributed by atoms with Gasteiger partial charge in [0.2, 0.25) is 5.91 Å². The smallest absolute Gasteiger partial charge is 0.315 e. The molecule has 0 bridgehead atoms. The number of anilines is 1. The average Bonchev–Trinajstić information content (AvgIpc) is 3.18. The minimum Gasteiger partial charge on any atom is -0.332 e. The average molecular weight is 370 g/mol. The van der Waals surface area contributed by atoms with Crippen LogP contribution in [0.2, 0.25) is 0 Å². The number of fused-ring (bicyclic) bond motifs is 2. The standard InChI is InChI=1S/C19H22N4O2S/c24-16(21-13-7-3-5-12-6-4-10-20-17(12)13)9-2-1-8-15-18-14(11-26-15)22-19(25)23-18/h3-7,10,14-15,18H,1-2,8-9,11H2,(H,21,24)(H2,22,23,25)/t14-,15+,18+/m1/s1. The SMILES string of the molecule is O=C(CCCC[C@@H]1SC[C@H]2NC(=O)N[C@H]12)Nc1cccc2cccnc12. The minimum absolute atomic E-state index is 0.0240. The van der Waals surface area contributed by atoms with Crippen molar-refractivity contribution >= 4 is 40.3 Å². The number of carbonyl (C=O) groups excluding carboxylic acids is 2. The van der Waals surface area contributed by atoms with Gasteiger partial charge in [0.05, 0.1) is 23.3 Å². The molecule has 1 aromatic heterocycles. The van der Waals surface area contributed by atoms with E-state index in [0.717, 1.165) is 41.6 Å². The van der Waals surface area contributed by atoms with Gasteiger partial charge in [0.1, 0.15) is 0 Å². The summed E-state index contributed by atoms with van der Waals surface area (Å²) >= 11 is 1.91. The highest BCUT2D eigenvalue weighted by Gasteiger charge is 2.42. The molecule has 3 amide bonds. The van der Waals surface area contributed by atoms with Gasteiger partial charge in [-0.1, -0.05) is 24.6 Å². The number of carbonyl (C=O) groups is 2. The summed E-state index contributed by atoms with van der Waals surface area (Å²) in [5, 5.41) is 10.4. The van der Waals surface area contributed by atoms with Crippen molar-refractivity contribution in [2.24, 2.45) is 0 Å². The number of unbranched alkanes of at least 4 members (excludes halogenated alkanes) is 1. The fourth-order valence-electron chi connectivity index (χ4n) is 3.69. The van der Waals surface area contributed by atoms with Crippen LogP contribution < -0.4 is 16.0 Å². The van der Waals surface area contributed by atoms with Crippen LogP contribution in [0.15, 0.2) is 36.5 Å². The number of amides is 3.